The molecule has 0 aliphatic rings. The highest BCUT2D eigenvalue weighted by atomic mass is 16.3. The van der Waals surface area contributed by atoms with Gasteiger partial charge in [-0.3, -0.25) is 0 Å². The Morgan fingerprint density at radius 1 is 0.463 bits per heavy atom. The van der Waals surface area contributed by atoms with Gasteiger partial charge in [-0.1, -0.05) is 109 Å². The summed E-state index contributed by atoms with van der Waals surface area (Å²) in [6, 6.07) is 41.0. The number of aliphatic hydroxyl groups excluding tert-OH is 1. The number of nitrogens with one attached hydrogen (secondary N) is 1. The molecule has 41 heavy (non-hydrogen) atoms. The zero-order chi connectivity index (χ0) is 27.3. The summed E-state index contributed by atoms with van der Waals surface area (Å²) in [5, 5.41) is 29.5. The Morgan fingerprint density at radius 3 is 1.29 bits per heavy atom. The highest BCUT2D eigenvalue weighted by Gasteiger charge is 2.15. The lowest BCUT2D eigenvalue weighted by atomic mass is 9.89. The van der Waals surface area contributed by atoms with E-state index in [9.17, 15) is 5.11 Å². The minimum atomic E-state index is 0.161. The largest absolute Gasteiger partial charge is 0.395 e. The van der Waals surface area contributed by atoms with Crippen LogP contribution < -0.4 is 5.32 Å². The summed E-state index contributed by atoms with van der Waals surface area (Å²) in [4.78, 5) is 0. The smallest absolute Gasteiger partial charge is 0.0556 e. The van der Waals surface area contributed by atoms with E-state index in [-0.39, 0.29) is 6.61 Å². The number of benzene rings is 8. The van der Waals surface area contributed by atoms with Crippen LogP contribution in [0, 0.1) is 0 Å². The first-order valence-electron chi connectivity index (χ1n) is 14.9. The molecule has 0 unspecified atom stereocenters. The fourth-order valence-electron chi connectivity index (χ4n) is 7.30. The Morgan fingerprint density at radius 2 is 0.854 bits per heavy atom. The van der Waals surface area contributed by atoms with E-state index in [4.69, 9.17) is 0 Å². The summed E-state index contributed by atoms with van der Waals surface area (Å²) < 4.78 is 0. The molecule has 2 heteroatoms. The molecule has 0 aliphatic heterocycles. The highest BCUT2D eigenvalue weighted by molar-refractivity contribution is 6.24. The third-order valence-corrected chi connectivity index (χ3v) is 9.31. The van der Waals surface area contributed by atoms with Gasteiger partial charge < -0.3 is 10.4 Å². The number of hydrogen-bond acceptors (Lipinski definition) is 2. The van der Waals surface area contributed by atoms with Crippen LogP contribution in [0.1, 0.15) is 24.0 Å². The molecule has 0 radical (unpaired) electrons. The lowest BCUT2D eigenvalue weighted by molar-refractivity contribution is 0.280. The first-order chi connectivity index (χ1) is 20.3. The molecule has 0 aromatic heterocycles. The van der Waals surface area contributed by atoms with Crippen molar-refractivity contribution in [3.8, 4) is 0 Å². The zero-order valence-electron chi connectivity index (χ0n) is 23.2. The molecular formula is C39H33NO. The highest BCUT2D eigenvalue weighted by Crippen LogP contribution is 2.38. The van der Waals surface area contributed by atoms with E-state index in [0.717, 1.165) is 25.7 Å². The van der Waals surface area contributed by atoms with Gasteiger partial charge in [0, 0.05) is 12.6 Å². The van der Waals surface area contributed by atoms with Crippen LogP contribution in [0.2, 0.25) is 0 Å². The van der Waals surface area contributed by atoms with Crippen LogP contribution >= 0.6 is 0 Å². The van der Waals surface area contributed by atoms with E-state index < -0.39 is 0 Å². The predicted molar refractivity (Wildman–Crippen MR) is 176 cm³/mol. The van der Waals surface area contributed by atoms with Crippen LogP contribution in [-0.4, -0.2) is 24.3 Å². The Bertz CT molecular complexity index is 1980. The van der Waals surface area contributed by atoms with E-state index in [0.29, 0.717) is 12.6 Å². The Kier molecular flexibility index (Phi) is 5.98. The van der Waals surface area contributed by atoms with Crippen LogP contribution in [-0.2, 0) is 12.8 Å². The average molecular weight is 532 g/mol. The van der Waals surface area contributed by atoms with Gasteiger partial charge >= 0.3 is 0 Å². The zero-order valence-corrected chi connectivity index (χ0v) is 23.2. The van der Waals surface area contributed by atoms with E-state index in [1.54, 1.807) is 0 Å². The summed E-state index contributed by atoms with van der Waals surface area (Å²) in [5.74, 6) is 0. The van der Waals surface area contributed by atoms with Gasteiger partial charge in [-0.05, 0) is 101 Å². The monoisotopic (exact) mass is 531 g/mol. The topological polar surface area (TPSA) is 32.3 Å². The van der Waals surface area contributed by atoms with Gasteiger partial charge in [0.2, 0.25) is 0 Å². The van der Waals surface area contributed by atoms with Gasteiger partial charge in [0.05, 0.1) is 6.61 Å². The third kappa shape index (κ3) is 4.10. The van der Waals surface area contributed by atoms with Crippen molar-refractivity contribution in [3.63, 3.8) is 0 Å². The van der Waals surface area contributed by atoms with E-state index in [1.807, 2.05) is 0 Å². The van der Waals surface area contributed by atoms with Gasteiger partial charge in [0.25, 0.3) is 0 Å². The second kappa shape index (κ2) is 9.99. The van der Waals surface area contributed by atoms with E-state index in [1.165, 1.54) is 75.8 Å². The maximum absolute atomic E-state index is 9.62. The van der Waals surface area contributed by atoms with Crippen LogP contribution in [0.3, 0.4) is 0 Å². The minimum Gasteiger partial charge on any atom is -0.395 e. The molecule has 8 aromatic carbocycles. The number of aliphatic hydroxyl groups is 1. The van der Waals surface area contributed by atoms with Crippen LogP contribution in [0.5, 0.6) is 0 Å². The fourth-order valence-corrected chi connectivity index (χ4v) is 7.30. The Labute approximate surface area is 239 Å². The molecule has 0 aliphatic carbocycles. The molecule has 2 N–H and O–H groups in total. The summed E-state index contributed by atoms with van der Waals surface area (Å²) in [6.07, 6.45) is 4.09. The number of aryl methyl sites for hydroxylation is 2. The fraction of sp³-hybridized carbons (Fsp3) is 0.179. The van der Waals surface area contributed by atoms with Gasteiger partial charge in [0.15, 0.2) is 0 Å². The molecule has 0 bridgehead atoms. The Hall–Kier alpha value is -4.24. The van der Waals surface area contributed by atoms with Crippen molar-refractivity contribution in [1.29, 1.82) is 0 Å². The van der Waals surface area contributed by atoms with Crippen molar-refractivity contribution < 1.29 is 5.11 Å². The molecule has 8 aromatic rings. The average Bonchev–Trinajstić information content (AvgIpc) is 3.02. The molecule has 0 amide bonds. The van der Waals surface area contributed by atoms with Crippen molar-refractivity contribution in [3.05, 3.63) is 120 Å². The normalized spacial score (nSPS) is 12.4. The summed E-state index contributed by atoms with van der Waals surface area (Å²) in [7, 11) is 0. The third-order valence-electron chi connectivity index (χ3n) is 9.31. The van der Waals surface area contributed by atoms with Crippen LogP contribution in [0.15, 0.2) is 109 Å². The second-order valence-corrected chi connectivity index (χ2v) is 11.6. The molecule has 2 nitrogen and oxygen atoms in total. The van der Waals surface area contributed by atoms with E-state index in [2.05, 4.69) is 115 Å². The predicted octanol–water partition coefficient (Wildman–Crippen LogP) is 9.00. The van der Waals surface area contributed by atoms with E-state index >= 15 is 0 Å². The molecule has 0 heterocycles. The molecule has 0 saturated heterocycles. The minimum absolute atomic E-state index is 0.161. The second-order valence-electron chi connectivity index (χ2n) is 11.6. The SMILES string of the molecule is OCCNC(CCc1ccc2ccc3cccc4ccc1c2c34)CCc1ccc2ccc3cccc4ccc1c2c34. The van der Waals surface area contributed by atoms with Crippen molar-refractivity contribution >= 4 is 64.6 Å². The Balaban J connectivity index is 1.09. The number of hydrogen-bond donors (Lipinski definition) is 2. The van der Waals surface area contributed by atoms with Gasteiger partial charge in [-0.2, -0.15) is 0 Å². The van der Waals surface area contributed by atoms with Gasteiger partial charge in [-0.15, -0.1) is 0 Å². The van der Waals surface area contributed by atoms with Gasteiger partial charge in [0.1, 0.15) is 0 Å². The van der Waals surface area contributed by atoms with Crippen LogP contribution in [0.4, 0.5) is 0 Å². The summed E-state index contributed by atoms with van der Waals surface area (Å²) >= 11 is 0. The first-order valence-corrected chi connectivity index (χ1v) is 14.9. The number of rotatable bonds is 9. The van der Waals surface area contributed by atoms with Crippen molar-refractivity contribution in [2.45, 2.75) is 31.7 Å². The van der Waals surface area contributed by atoms with Crippen LogP contribution in [0.25, 0.3) is 64.6 Å². The lowest BCUT2D eigenvalue weighted by Gasteiger charge is -2.21. The molecule has 0 spiro atoms. The molecule has 0 fully saturated rings. The summed E-state index contributed by atoms with van der Waals surface area (Å²) in [6.45, 7) is 0.787. The maximum Gasteiger partial charge on any atom is 0.0556 e. The van der Waals surface area contributed by atoms with Gasteiger partial charge in [-0.25, -0.2) is 0 Å². The quantitative estimate of drug-likeness (QED) is 0.182. The summed E-state index contributed by atoms with van der Waals surface area (Å²) in [5.41, 5.74) is 2.82. The molecule has 200 valence electrons. The standard InChI is InChI=1S/C39H33NO/c41-24-23-40-33(19-15-25-7-9-31-13-11-27-3-1-5-29-17-21-34(25)38(31)36(27)29)20-16-26-8-10-32-14-12-28-4-2-6-30-18-22-35(26)39(32)37(28)30/h1-14,17-18,21-22,33,40-41H,15-16,19-20,23-24H2. The molecule has 8 rings (SSSR count). The van der Waals surface area contributed by atoms with Crippen molar-refractivity contribution in [2.75, 3.05) is 13.2 Å². The first kappa shape index (κ1) is 24.5. The molecular weight excluding hydrogens is 498 g/mol. The lowest BCUT2D eigenvalue weighted by Crippen LogP contribution is -2.32. The molecule has 0 saturated carbocycles. The maximum atomic E-state index is 9.62. The molecule has 0 atom stereocenters. The van der Waals surface area contributed by atoms with Crippen molar-refractivity contribution in [2.24, 2.45) is 0 Å². The van der Waals surface area contributed by atoms with Crippen molar-refractivity contribution in [1.82, 2.24) is 5.32 Å².